The van der Waals surface area contributed by atoms with Gasteiger partial charge in [0.1, 0.15) is 0 Å². The van der Waals surface area contributed by atoms with Crippen molar-refractivity contribution in [3.8, 4) is 11.8 Å². The molecule has 0 heterocycles. The van der Waals surface area contributed by atoms with Gasteiger partial charge in [0.15, 0.2) is 5.11 Å². The van der Waals surface area contributed by atoms with E-state index in [1.807, 2.05) is 24.3 Å². The summed E-state index contributed by atoms with van der Waals surface area (Å²) in [5.74, 6) is 6.00. The van der Waals surface area contributed by atoms with Gasteiger partial charge in [-0.2, -0.15) is 0 Å². The molecule has 0 unspecified atom stereocenters. The van der Waals surface area contributed by atoms with E-state index in [4.69, 9.17) is 29.6 Å². The van der Waals surface area contributed by atoms with Gasteiger partial charge in [0.25, 0.3) is 0 Å². The minimum atomic E-state index is 0.243. The van der Waals surface area contributed by atoms with Crippen LogP contribution in [0.15, 0.2) is 24.3 Å². The van der Waals surface area contributed by atoms with Crippen molar-refractivity contribution in [1.82, 2.24) is 0 Å². The molecule has 72 valence electrons. The zero-order valence-electron chi connectivity index (χ0n) is 7.38. The van der Waals surface area contributed by atoms with Crippen LogP contribution in [0, 0.1) is 11.8 Å². The molecule has 0 atom stereocenters. The molecule has 14 heavy (non-hydrogen) atoms. The summed E-state index contributed by atoms with van der Waals surface area (Å²) in [7, 11) is 0. The second-order valence-electron chi connectivity index (χ2n) is 2.51. The number of nitrogens with two attached hydrogens (primary N) is 1. The van der Waals surface area contributed by atoms with Gasteiger partial charge in [-0.05, 0) is 30.4 Å². The predicted molar refractivity (Wildman–Crippen MR) is 64.4 cm³/mol. The van der Waals surface area contributed by atoms with Crippen molar-refractivity contribution in [3.63, 3.8) is 0 Å². The minimum Gasteiger partial charge on any atom is -0.376 e. The second kappa shape index (κ2) is 5.48. The van der Waals surface area contributed by atoms with E-state index in [0.29, 0.717) is 5.88 Å². The minimum absolute atomic E-state index is 0.243. The highest BCUT2D eigenvalue weighted by molar-refractivity contribution is 7.80. The number of rotatable bonds is 1. The molecule has 0 fully saturated rings. The maximum Gasteiger partial charge on any atom is 0.168 e. The van der Waals surface area contributed by atoms with Crippen LogP contribution in [-0.2, 0) is 0 Å². The molecule has 0 aliphatic rings. The van der Waals surface area contributed by atoms with E-state index in [0.717, 1.165) is 11.3 Å². The molecule has 0 aromatic heterocycles. The summed E-state index contributed by atoms with van der Waals surface area (Å²) in [4.78, 5) is 0. The van der Waals surface area contributed by atoms with E-state index in [-0.39, 0.29) is 5.11 Å². The highest BCUT2D eigenvalue weighted by Crippen LogP contribution is 2.09. The first-order chi connectivity index (χ1) is 6.72. The Hall–Kier alpha value is -1.24. The average Bonchev–Trinajstić information content (AvgIpc) is 2.14. The first-order valence-electron chi connectivity index (χ1n) is 3.93. The van der Waals surface area contributed by atoms with Gasteiger partial charge < -0.3 is 11.1 Å². The summed E-state index contributed by atoms with van der Waals surface area (Å²) in [6.45, 7) is 0. The van der Waals surface area contributed by atoms with Crippen LogP contribution < -0.4 is 11.1 Å². The van der Waals surface area contributed by atoms with Crippen molar-refractivity contribution in [3.05, 3.63) is 29.8 Å². The fraction of sp³-hybridized carbons (Fsp3) is 0.100. The number of halogens is 1. The lowest BCUT2D eigenvalue weighted by Crippen LogP contribution is -2.18. The molecule has 2 nitrogen and oxygen atoms in total. The van der Waals surface area contributed by atoms with E-state index < -0.39 is 0 Å². The van der Waals surface area contributed by atoms with Crippen LogP contribution in [0.4, 0.5) is 5.69 Å². The Balaban J connectivity index is 2.84. The summed E-state index contributed by atoms with van der Waals surface area (Å²) in [6.07, 6.45) is 0. The van der Waals surface area contributed by atoms with Crippen molar-refractivity contribution in [2.75, 3.05) is 11.2 Å². The van der Waals surface area contributed by atoms with Crippen LogP contribution in [0.25, 0.3) is 0 Å². The Morgan fingerprint density at radius 3 is 3.00 bits per heavy atom. The van der Waals surface area contributed by atoms with Crippen LogP contribution >= 0.6 is 23.8 Å². The molecular weight excluding hydrogens is 216 g/mol. The number of anilines is 1. The van der Waals surface area contributed by atoms with E-state index >= 15 is 0 Å². The van der Waals surface area contributed by atoms with Gasteiger partial charge in [-0.3, -0.25) is 0 Å². The van der Waals surface area contributed by atoms with E-state index in [1.165, 1.54) is 0 Å². The third-order valence-electron chi connectivity index (χ3n) is 1.43. The first-order valence-corrected chi connectivity index (χ1v) is 4.88. The van der Waals surface area contributed by atoms with Gasteiger partial charge in [-0.15, -0.1) is 11.6 Å². The van der Waals surface area contributed by atoms with Crippen molar-refractivity contribution in [1.29, 1.82) is 0 Å². The first kappa shape index (κ1) is 10.8. The standard InChI is InChI=1S/C10H9ClN2S/c11-6-2-4-8-3-1-5-9(7-8)13-10(12)14/h1,3,5,7H,6H2,(H3,12,13,14). The van der Waals surface area contributed by atoms with Crippen LogP contribution in [0.2, 0.25) is 0 Å². The molecule has 0 radical (unpaired) electrons. The Morgan fingerprint density at radius 2 is 2.36 bits per heavy atom. The molecule has 0 spiro atoms. The lowest BCUT2D eigenvalue weighted by atomic mass is 10.2. The number of alkyl halides is 1. The summed E-state index contributed by atoms with van der Waals surface area (Å²) >= 11 is 10.2. The Kier molecular flexibility index (Phi) is 4.24. The van der Waals surface area contributed by atoms with Crippen molar-refractivity contribution in [2.45, 2.75) is 0 Å². The fourth-order valence-corrected chi connectivity index (χ4v) is 1.14. The molecule has 1 aromatic carbocycles. The largest absolute Gasteiger partial charge is 0.376 e. The second-order valence-corrected chi connectivity index (χ2v) is 3.21. The maximum absolute atomic E-state index is 5.45. The number of hydrogen-bond acceptors (Lipinski definition) is 1. The monoisotopic (exact) mass is 224 g/mol. The molecule has 0 aliphatic carbocycles. The van der Waals surface area contributed by atoms with E-state index in [1.54, 1.807) is 0 Å². The number of thiocarbonyl (C=S) groups is 1. The summed E-state index contributed by atoms with van der Waals surface area (Å²) in [5, 5.41) is 3.07. The quantitative estimate of drug-likeness (QED) is 0.435. The smallest absolute Gasteiger partial charge is 0.168 e. The van der Waals surface area contributed by atoms with Crippen LogP contribution in [0.1, 0.15) is 5.56 Å². The van der Waals surface area contributed by atoms with Gasteiger partial charge in [-0.25, -0.2) is 0 Å². The maximum atomic E-state index is 5.45. The molecule has 1 aromatic rings. The van der Waals surface area contributed by atoms with E-state index in [9.17, 15) is 0 Å². The van der Waals surface area contributed by atoms with Gasteiger partial charge in [-0.1, -0.05) is 17.9 Å². The third kappa shape index (κ3) is 3.65. The van der Waals surface area contributed by atoms with Gasteiger partial charge in [0.05, 0.1) is 5.88 Å². The molecule has 0 amide bonds. The lowest BCUT2D eigenvalue weighted by molar-refractivity contribution is 1.58. The summed E-state index contributed by atoms with van der Waals surface area (Å²) < 4.78 is 0. The van der Waals surface area contributed by atoms with Crippen molar-refractivity contribution >= 4 is 34.6 Å². The highest BCUT2D eigenvalue weighted by Gasteiger charge is 1.93. The van der Waals surface area contributed by atoms with Crippen LogP contribution in [-0.4, -0.2) is 11.0 Å². The third-order valence-corrected chi connectivity index (χ3v) is 1.67. The highest BCUT2D eigenvalue weighted by atomic mass is 35.5. The Bertz CT molecular complexity index is 393. The molecule has 1 rings (SSSR count). The fourth-order valence-electron chi connectivity index (χ4n) is 0.952. The van der Waals surface area contributed by atoms with Gasteiger partial charge >= 0.3 is 0 Å². The number of hydrogen-bond donors (Lipinski definition) is 2. The SMILES string of the molecule is NC(=S)Nc1cccc(C#CCCl)c1. The number of nitrogens with one attached hydrogen (secondary N) is 1. The lowest BCUT2D eigenvalue weighted by Gasteiger charge is -2.02. The van der Waals surface area contributed by atoms with Crippen molar-refractivity contribution < 1.29 is 0 Å². The molecule has 0 saturated heterocycles. The molecule has 0 bridgehead atoms. The van der Waals surface area contributed by atoms with Gasteiger partial charge in [0, 0.05) is 11.3 Å². The molecule has 4 heteroatoms. The zero-order valence-corrected chi connectivity index (χ0v) is 8.95. The molecule has 3 N–H and O–H groups in total. The Morgan fingerprint density at radius 1 is 1.57 bits per heavy atom. The zero-order chi connectivity index (χ0) is 10.4. The molecule has 0 aliphatic heterocycles. The van der Waals surface area contributed by atoms with Crippen LogP contribution in [0.5, 0.6) is 0 Å². The molecular formula is C10H9ClN2S. The van der Waals surface area contributed by atoms with Gasteiger partial charge in [0.2, 0.25) is 0 Å². The van der Waals surface area contributed by atoms with Crippen molar-refractivity contribution in [2.24, 2.45) is 5.73 Å². The van der Waals surface area contributed by atoms with E-state index in [2.05, 4.69) is 17.2 Å². The summed E-state index contributed by atoms with van der Waals surface area (Å²) in [6, 6.07) is 7.49. The molecule has 0 saturated carbocycles. The normalized spacial score (nSPS) is 8.64. The number of benzene rings is 1. The Labute approximate surface area is 93.4 Å². The topological polar surface area (TPSA) is 38.0 Å². The summed E-state index contributed by atoms with van der Waals surface area (Å²) in [5.41, 5.74) is 7.05. The van der Waals surface area contributed by atoms with Crippen LogP contribution in [0.3, 0.4) is 0 Å². The average molecular weight is 225 g/mol. The predicted octanol–water partition coefficient (Wildman–Crippen LogP) is 1.93.